The summed E-state index contributed by atoms with van der Waals surface area (Å²) in [6.45, 7) is 4.12. The van der Waals surface area contributed by atoms with Gasteiger partial charge in [-0.2, -0.15) is 0 Å². The SMILES string of the molecule is Cc1ccc(C2=CCC(/C=C/C3CCC(C)CC3)CC2)c(Cl)c1F. The first-order chi connectivity index (χ1) is 11.5. The van der Waals surface area contributed by atoms with Crippen LogP contribution < -0.4 is 0 Å². The smallest absolute Gasteiger partial charge is 0.145 e. The Balaban J connectivity index is 1.61. The summed E-state index contributed by atoms with van der Waals surface area (Å²) in [6.07, 6.45) is 15.8. The zero-order chi connectivity index (χ0) is 17.1. The number of aryl methyl sites for hydroxylation is 1. The Hall–Kier alpha value is -1.08. The van der Waals surface area contributed by atoms with Crippen LogP contribution in [-0.4, -0.2) is 0 Å². The summed E-state index contributed by atoms with van der Waals surface area (Å²) in [5.41, 5.74) is 2.70. The number of hydrogen-bond acceptors (Lipinski definition) is 0. The molecule has 3 rings (SSSR count). The molecule has 0 aliphatic heterocycles. The molecule has 0 radical (unpaired) electrons. The van der Waals surface area contributed by atoms with Gasteiger partial charge in [0.05, 0.1) is 5.02 Å². The van der Waals surface area contributed by atoms with Crippen molar-refractivity contribution >= 4 is 17.2 Å². The van der Waals surface area contributed by atoms with E-state index in [1.54, 1.807) is 6.92 Å². The Kier molecular flexibility index (Phi) is 5.81. The van der Waals surface area contributed by atoms with E-state index in [0.717, 1.165) is 36.7 Å². The Bertz CT molecular complexity index is 636. The normalized spacial score (nSPS) is 28.2. The highest BCUT2D eigenvalue weighted by Crippen LogP contribution is 2.36. The Morgan fingerprint density at radius 2 is 1.75 bits per heavy atom. The number of benzene rings is 1. The molecule has 1 aromatic rings. The van der Waals surface area contributed by atoms with E-state index >= 15 is 0 Å². The van der Waals surface area contributed by atoms with Crippen LogP contribution in [-0.2, 0) is 0 Å². The molecule has 0 amide bonds. The van der Waals surface area contributed by atoms with E-state index in [1.807, 2.05) is 12.1 Å². The van der Waals surface area contributed by atoms with E-state index in [4.69, 9.17) is 11.6 Å². The molecular formula is C22H28ClF. The molecule has 24 heavy (non-hydrogen) atoms. The number of hydrogen-bond donors (Lipinski definition) is 0. The van der Waals surface area contributed by atoms with E-state index in [-0.39, 0.29) is 10.8 Å². The van der Waals surface area contributed by atoms with Crippen molar-refractivity contribution in [3.8, 4) is 0 Å². The second-order valence-electron chi connectivity index (χ2n) is 7.73. The maximum absolute atomic E-state index is 14.0. The minimum absolute atomic E-state index is 0.274. The van der Waals surface area contributed by atoms with Crippen LogP contribution in [0.3, 0.4) is 0 Å². The molecule has 0 bridgehead atoms. The molecule has 2 heteroatoms. The van der Waals surface area contributed by atoms with Crippen LogP contribution in [0.15, 0.2) is 30.4 Å². The van der Waals surface area contributed by atoms with Crippen LogP contribution in [0, 0.1) is 30.5 Å². The third kappa shape index (κ3) is 4.11. The third-order valence-electron chi connectivity index (χ3n) is 5.79. The van der Waals surface area contributed by atoms with Gasteiger partial charge in [0.25, 0.3) is 0 Å². The molecule has 0 N–H and O–H groups in total. The van der Waals surface area contributed by atoms with Gasteiger partial charge in [0, 0.05) is 0 Å². The van der Waals surface area contributed by atoms with Crippen LogP contribution >= 0.6 is 11.6 Å². The lowest BCUT2D eigenvalue weighted by Crippen LogP contribution is -2.11. The summed E-state index contributed by atoms with van der Waals surface area (Å²) in [5, 5.41) is 0.284. The van der Waals surface area contributed by atoms with Gasteiger partial charge in [-0.3, -0.25) is 0 Å². The molecule has 0 aromatic heterocycles. The van der Waals surface area contributed by atoms with Crippen molar-refractivity contribution in [3.05, 3.63) is 52.3 Å². The number of allylic oxidation sites excluding steroid dienone is 4. The van der Waals surface area contributed by atoms with Gasteiger partial charge in [0.1, 0.15) is 5.82 Å². The van der Waals surface area contributed by atoms with E-state index < -0.39 is 0 Å². The van der Waals surface area contributed by atoms with E-state index in [2.05, 4.69) is 25.2 Å². The Labute approximate surface area is 150 Å². The van der Waals surface area contributed by atoms with Gasteiger partial charge < -0.3 is 0 Å². The average molecular weight is 347 g/mol. The quantitative estimate of drug-likeness (QED) is 0.502. The van der Waals surface area contributed by atoms with Gasteiger partial charge in [-0.15, -0.1) is 0 Å². The second-order valence-corrected chi connectivity index (χ2v) is 8.10. The number of halogens is 2. The lowest BCUT2D eigenvalue weighted by Gasteiger charge is -2.25. The topological polar surface area (TPSA) is 0 Å². The summed E-state index contributed by atoms with van der Waals surface area (Å²) < 4.78 is 14.0. The fourth-order valence-corrected chi connectivity index (χ4v) is 4.29. The predicted molar refractivity (Wildman–Crippen MR) is 102 cm³/mol. The predicted octanol–water partition coefficient (Wildman–Crippen LogP) is 7.35. The summed E-state index contributed by atoms with van der Waals surface area (Å²) in [5.74, 6) is 2.05. The molecule has 1 saturated carbocycles. The van der Waals surface area contributed by atoms with Crippen molar-refractivity contribution in [2.45, 2.75) is 58.8 Å². The van der Waals surface area contributed by atoms with Crippen LogP contribution in [0.4, 0.5) is 4.39 Å². The maximum Gasteiger partial charge on any atom is 0.145 e. The lowest BCUT2D eigenvalue weighted by atomic mass is 9.81. The summed E-state index contributed by atoms with van der Waals surface area (Å²) in [6, 6.07) is 3.79. The summed E-state index contributed by atoms with van der Waals surface area (Å²) in [7, 11) is 0. The standard InChI is InChI=1S/C22H28ClF/c1-15-3-6-17(7-4-15)8-9-18-10-12-19(13-11-18)20-14-5-16(2)22(24)21(20)23/h5,8-9,12,14-15,17-18H,3-4,6-7,10-11,13H2,1-2H3/b9-8+. The van der Waals surface area contributed by atoms with Gasteiger partial charge in [-0.1, -0.05) is 61.7 Å². The van der Waals surface area contributed by atoms with Crippen LogP contribution in [0.25, 0.3) is 5.57 Å². The molecule has 1 atom stereocenters. The molecule has 0 heterocycles. The van der Waals surface area contributed by atoms with Crippen molar-refractivity contribution in [2.24, 2.45) is 17.8 Å². The van der Waals surface area contributed by atoms with Crippen LogP contribution in [0.1, 0.15) is 63.0 Å². The van der Waals surface area contributed by atoms with Crippen LogP contribution in [0.5, 0.6) is 0 Å². The Morgan fingerprint density at radius 3 is 2.42 bits per heavy atom. The minimum Gasteiger partial charge on any atom is -0.205 e. The monoisotopic (exact) mass is 346 g/mol. The number of rotatable bonds is 3. The van der Waals surface area contributed by atoms with E-state index in [1.165, 1.54) is 31.3 Å². The Morgan fingerprint density at radius 1 is 1.04 bits per heavy atom. The molecule has 1 aromatic carbocycles. The minimum atomic E-state index is -0.274. The third-order valence-corrected chi connectivity index (χ3v) is 6.16. The zero-order valence-corrected chi connectivity index (χ0v) is 15.6. The van der Waals surface area contributed by atoms with Crippen molar-refractivity contribution in [1.82, 2.24) is 0 Å². The molecule has 0 spiro atoms. The second kappa shape index (κ2) is 7.87. The van der Waals surface area contributed by atoms with Crippen molar-refractivity contribution in [2.75, 3.05) is 0 Å². The molecular weight excluding hydrogens is 319 g/mol. The highest BCUT2D eigenvalue weighted by Gasteiger charge is 2.19. The first kappa shape index (κ1) is 17.7. The molecule has 0 nitrogen and oxygen atoms in total. The maximum atomic E-state index is 14.0. The van der Waals surface area contributed by atoms with Crippen molar-refractivity contribution in [3.63, 3.8) is 0 Å². The first-order valence-corrected chi connectivity index (χ1v) is 9.74. The van der Waals surface area contributed by atoms with Gasteiger partial charge in [0.2, 0.25) is 0 Å². The van der Waals surface area contributed by atoms with Gasteiger partial charge in [-0.25, -0.2) is 4.39 Å². The molecule has 2 aliphatic rings. The van der Waals surface area contributed by atoms with Gasteiger partial charge >= 0.3 is 0 Å². The molecule has 0 saturated heterocycles. The van der Waals surface area contributed by atoms with Crippen molar-refractivity contribution < 1.29 is 4.39 Å². The fraction of sp³-hybridized carbons (Fsp3) is 0.545. The van der Waals surface area contributed by atoms with Gasteiger partial charge in [0.15, 0.2) is 0 Å². The zero-order valence-electron chi connectivity index (χ0n) is 14.8. The largest absolute Gasteiger partial charge is 0.205 e. The molecule has 1 unspecified atom stereocenters. The van der Waals surface area contributed by atoms with E-state index in [9.17, 15) is 4.39 Å². The molecule has 1 fully saturated rings. The summed E-state index contributed by atoms with van der Waals surface area (Å²) >= 11 is 6.21. The van der Waals surface area contributed by atoms with Crippen molar-refractivity contribution in [1.29, 1.82) is 0 Å². The highest BCUT2D eigenvalue weighted by molar-refractivity contribution is 6.32. The van der Waals surface area contributed by atoms with Crippen LogP contribution in [0.2, 0.25) is 5.02 Å². The fourth-order valence-electron chi connectivity index (χ4n) is 3.96. The average Bonchev–Trinajstić information content (AvgIpc) is 2.60. The van der Waals surface area contributed by atoms with E-state index in [0.29, 0.717) is 11.5 Å². The van der Waals surface area contributed by atoms with Gasteiger partial charge in [-0.05, 0) is 73.5 Å². The lowest BCUT2D eigenvalue weighted by molar-refractivity contribution is 0.329. The molecule has 130 valence electrons. The molecule has 2 aliphatic carbocycles. The highest BCUT2D eigenvalue weighted by atomic mass is 35.5. The summed E-state index contributed by atoms with van der Waals surface area (Å²) in [4.78, 5) is 0. The first-order valence-electron chi connectivity index (χ1n) is 9.37.